The van der Waals surface area contributed by atoms with Crippen molar-refractivity contribution < 1.29 is 9.13 Å². The largest absolute Gasteiger partial charge is 0.480 e. The van der Waals surface area contributed by atoms with Crippen LogP contribution in [0.1, 0.15) is 4.88 Å². The van der Waals surface area contributed by atoms with Gasteiger partial charge < -0.3 is 15.0 Å². The van der Waals surface area contributed by atoms with Crippen molar-refractivity contribution in [3.8, 4) is 5.88 Å². The average Bonchev–Trinajstić information content (AvgIpc) is 2.84. The normalized spacial score (nSPS) is 10.4. The molecule has 0 bridgehead atoms. The number of rotatable bonds is 5. The van der Waals surface area contributed by atoms with Crippen LogP contribution in [-0.4, -0.2) is 26.2 Å². The van der Waals surface area contributed by atoms with Gasteiger partial charge in [-0.05, 0) is 12.1 Å². The Morgan fingerprint density at radius 3 is 2.85 bits per heavy atom. The topological polar surface area (TPSA) is 37.4 Å². The summed E-state index contributed by atoms with van der Waals surface area (Å²) in [6, 6.07) is 4.85. The van der Waals surface area contributed by atoms with Crippen LogP contribution in [0.25, 0.3) is 0 Å². The first-order valence-corrected chi connectivity index (χ1v) is 7.11. The van der Waals surface area contributed by atoms with Crippen LogP contribution in [0.2, 0.25) is 5.02 Å². The number of nitrogens with one attached hydrogen (secondary N) is 1. The fourth-order valence-electron chi connectivity index (χ4n) is 1.60. The van der Waals surface area contributed by atoms with Gasteiger partial charge in [0.25, 0.3) is 0 Å². The lowest BCUT2D eigenvalue weighted by Crippen LogP contribution is -2.07. The molecule has 2 aromatic rings. The van der Waals surface area contributed by atoms with E-state index in [0.717, 1.165) is 10.0 Å². The van der Waals surface area contributed by atoms with E-state index >= 15 is 0 Å². The second-order valence-electron chi connectivity index (χ2n) is 4.28. The Morgan fingerprint density at radius 2 is 2.20 bits per heavy atom. The molecule has 0 spiro atoms. The number of anilines is 2. The predicted octanol–water partition coefficient (Wildman–Crippen LogP) is 3.62. The molecule has 2 rings (SSSR count). The van der Waals surface area contributed by atoms with E-state index in [-0.39, 0.29) is 5.02 Å². The molecule has 1 aromatic heterocycles. The lowest BCUT2D eigenvalue weighted by Gasteiger charge is -2.07. The smallest absolute Gasteiger partial charge is 0.231 e. The minimum atomic E-state index is -0.453. The second kappa shape index (κ2) is 6.28. The Bertz CT molecular complexity index is 603. The van der Waals surface area contributed by atoms with Crippen LogP contribution in [0.3, 0.4) is 0 Å². The molecular formula is C13H15ClFN3OS. The lowest BCUT2D eigenvalue weighted by molar-refractivity contribution is 0.397. The molecule has 7 heteroatoms. The summed E-state index contributed by atoms with van der Waals surface area (Å²) < 4.78 is 19.0. The van der Waals surface area contributed by atoms with Crippen LogP contribution in [0.15, 0.2) is 18.2 Å². The second-order valence-corrected chi connectivity index (χ2v) is 5.75. The van der Waals surface area contributed by atoms with E-state index in [1.165, 1.54) is 17.4 Å². The SMILES string of the molecule is COc1nc(N(C)C)sc1CNc1cccc(Cl)c1F. The summed E-state index contributed by atoms with van der Waals surface area (Å²) in [7, 11) is 5.39. The van der Waals surface area contributed by atoms with E-state index in [9.17, 15) is 4.39 Å². The molecule has 0 atom stereocenters. The fraction of sp³-hybridized carbons (Fsp3) is 0.308. The maximum absolute atomic E-state index is 13.8. The zero-order chi connectivity index (χ0) is 14.7. The van der Waals surface area contributed by atoms with Crippen molar-refractivity contribution in [2.45, 2.75) is 6.54 Å². The number of methoxy groups -OCH3 is 1. The summed E-state index contributed by atoms with van der Waals surface area (Å²) in [5.74, 6) is 0.0964. The van der Waals surface area contributed by atoms with Crippen LogP contribution in [0.5, 0.6) is 5.88 Å². The van der Waals surface area contributed by atoms with E-state index in [4.69, 9.17) is 16.3 Å². The van der Waals surface area contributed by atoms with Crippen molar-refractivity contribution in [1.29, 1.82) is 0 Å². The quantitative estimate of drug-likeness (QED) is 0.914. The Labute approximate surface area is 126 Å². The Kier molecular flexibility index (Phi) is 4.67. The number of ether oxygens (including phenoxy) is 1. The summed E-state index contributed by atoms with van der Waals surface area (Å²) in [4.78, 5) is 7.14. The van der Waals surface area contributed by atoms with Gasteiger partial charge in [-0.2, -0.15) is 4.98 Å². The van der Waals surface area contributed by atoms with Gasteiger partial charge in [-0.1, -0.05) is 29.0 Å². The van der Waals surface area contributed by atoms with Crippen molar-refractivity contribution in [1.82, 2.24) is 4.98 Å². The van der Waals surface area contributed by atoms with Gasteiger partial charge in [0.15, 0.2) is 10.9 Å². The zero-order valence-corrected chi connectivity index (χ0v) is 13.0. The Hall–Kier alpha value is -1.53. The van der Waals surface area contributed by atoms with Gasteiger partial charge in [-0.15, -0.1) is 0 Å². The number of halogens is 2. The monoisotopic (exact) mass is 315 g/mol. The average molecular weight is 316 g/mol. The molecule has 0 unspecified atom stereocenters. The predicted molar refractivity (Wildman–Crippen MR) is 81.7 cm³/mol. The van der Waals surface area contributed by atoms with E-state index in [1.807, 2.05) is 19.0 Å². The highest BCUT2D eigenvalue weighted by Gasteiger charge is 2.14. The molecule has 108 valence electrons. The summed E-state index contributed by atoms with van der Waals surface area (Å²) in [6.45, 7) is 0.423. The van der Waals surface area contributed by atoms with Gasteiger partial charge in [0.2, 0.25) is 5.88 Å². The van der Waals surface area contributed by atoms with E-state index in [0.29, 0.717) is 18.1 Å². The third-order valence-electron chi connectivity index (χ3n) is 2.62. The van der Waals surface area contributed by atoms with Gasteiger partial charge in [0.1, 0.15) is 0 Å². The molecule has 20 heavy (non-hydrogen) atoms. The van der Waals surface area contributed by atoms with Crippen molar-refractivity contribution in [2.75, 3.05) is 31.4 Å². The Balaban J connectivity index is 2.16. The number of thiazole rings is 1. The first kappa shape index (κ1) is 14.9. The van der Waals surface area contributed by atoms with Crippen LogP contribution < -0.4 is 15.0 Å². The maximum atomic E-state index is 13.8. The maximum Gasteiger partial charge on any atom is 0.231 e. The van der Waals surface area contributed by atoms with Gasteiger partial charge in [-0.3, -0.25) is 0 Å². The molecule has 0 radical (unpaired) electrons. The van der Waals surface area contributed by atoms with Crippen LogP contribution in [-0.2, 0) is 6.54 Å². The van der Waals surface area contributed by atoms with Gasteiger partial charge >= 0.3 is 0 Å². The third-order valence-corrected chi connectivity index (χ3v) is 4.11. The zero-order valence-electron chi connectivity index (χ0n) is 11.4. The summed E-state index contributed by atoms with van der Waals surface area (Å²) >= 11 is 7.24. The molecule has 0 aliphatic carbocycles. The van der Waals surface area contributed by atoms with E-state index in [2.05, 4.69) is 10.3 Å². The molecule has 4 nitrogen and oxygen atoms in total. The van der Waals surface area contributed by atoms with Crippen LogP contribution >= 0.6 is 22.9 Å². The summed E-state index contributed by atoms with van der Waals surface area (Å²) in [5, 5.41) is 3.95. The number of hydrogen-bond acceptors (Lipinski definition) is 5. The minimum Gasteiger partial charge on any atom is -0.480 e. The van der Waals surface area contributed by atoms with Gasteiger partial charge in [-0.25, -0.2) is 4.39 Å². The number of nitrogens with zero attached hydrogens (tertiary/aromatic N) is 2. The third kappa shape index (κ3) is 3.13. The van der Waals surface area contributed by atoms with E-state index < -0.39 is 5.82 Å². The van der Waals surface area contributed by atoms with Crippen molar-refractivity contribution in [3.63, 3.8) is 0 Å². The summed E-state index contributed by atoms with van der Waals surface area (Å²) in [6.07, 6.45) is 0. The number of benzene rings is 1. The van der Waals surface area contributed by atoms with Gasteiger partial charge in [0, 0.05) is 14.1 Å². The first-order valence-electron chi connectivity index (χ1n) is 5.91. The van der Waals surface area contributed by atoms with Gasteiger partial charge in [0.05, 0.1) is 29.2 Å². The molecule has 0 fully saturated rings. The number of hydrogen-bond donors (Lipinski definition) is 1. The highest BCUT2D eigenvalue weighted by Crippen LogP contribution is 2.31. The molecule has 0 aliphatic heterocycles. The van der Waals surface area contributed by atoms with Crippen LogP contribution in [0.4, 0.5) is 15.2 Å². The Morgan fingerprint density at radius 1 is 1.45 bits per heavy atom. The van der Waals surface area contributed by atoms with Crippen molar-refractivity contribution in [3.05, 3.63) is 33.9 Å². The molecule has 0 amide bonds. The standard InChI is InChI=1S/C13H15ClFN3OS/c1-18(2)13-17-12(19-3)10(20-13)7-16-9-6-4-5-8(14)11(9)15/h4-6,16H,7H2,1-3H3. The highest BCUT2D eigenvalue weighted by atomic mass is 35.5. The minimum absolute atomic E-state index is 0.0975. The molecule has 0 saturated carbocycles. The van der Waals surface area contributed by atoms with Crippen molar-refractivity contribution >= 4 is 33.8 Å². The molecule has 0 aliphatic rings. The first-order chi connectivity index (χ1) is 9.52. The fourth-order valence-corrected chi connectivity index (χ4v) is 2.67. The molecular weight excluding hydrogens is 301 g/mol. The van der Waals surface area contributed by atoms with Crippen molar-refractivity contribution in [2.24, 2.45) is 0 Å². The number of aromatic nitrogens is 1. The highest BCUT2D eigenvalue weighted by molar-refractivity contribution is 7.15. The molecule has 0 saturated heterocycles. The summed E-state index contributed by atoms with van der Waals surface area (Å²) in [5.41, 5.74) is 0.361. The molecule has 1 heterocycles. The molecule has 1 N–H and O–H groups in total. The van der Waals surface area contributed by atoms with E-state index in [1.54, 1.807) is 19.2 Å². The molecule has 1 aromatic carbocycles. The lowest BCUT2D eigenvalue weighted by atomic mass is 10.3. The van der Waals surface area contributed by atoms with Crippen LogP contribution in [0, 0.1) is 5.82 Å².